The van der Waals surface area contributed by atoms with Crippen molar-refractivity contribution < 1.29 is 14.3 Å². The Kier molecular flexibility index (Phi) is 4.80. The normalized spacial score (nSPS) is 19.2. The second kappa shape index (κ2) is 6.57. The Balaban J connectivity index is 1.89. The zero-order valence-corrected chi connectivity index (χ0v) is 11.5. The summed E-state index contributed by atoms with van der Waals surface area (Å²) < 4.78 is 11.0. The number of ether oxygens (including phenoxy) is 2. The van der Waals surface area contributed by atoms with Crippen molar-refractivity contribution in [1.29, 1.82) is 0 Å². The zero-order chi connectivity index (χ0) is 13.7. The Hall–Kier alpha value is -1.55. The summed E-state index contributed by atoms with van der Waals surface area (Å²) in [5.74, 6) is 0.749. The van der Waals surface area contributed by atoms with Gasteiger partial charge in [0.15, 0.2) is 0 Å². The van der Waals surface area contributed by atoms with E-state index in [0.29, 0.717) is 6.61 Å². The molecule has 1 heterocycles. The van der Waals surface area contributed by atoms with Crippen LogP contribution in [0.3, 0.4) is 0 Å². The molecule has 1 amide bonds. The number of anilines is 1. The molecular formula is C15H21NO3. The molecule has 19 heavy (non-hydrogen) atoms. The van der Waals surface area contributed by atoms with Crippen molar-refractivity contribution in [1.82, 2.24) is 0 Å². The Morgan fingerprint density at radius 2 is 2.05 bits per heavy atom. The van der Waals surface area contributed by atoms with Crippen LogP contribution in [0.2, 0.25) is 0 Å². The van der Waals surface area contributed by atoms with Crippen molar-refractivity contribution in [3.8, 4) is 5.75 Å². The maximum Gasteiger partial charge on any atom is 0.253 e. The van der Waals surface area contributed by atoms with E-state index in [1.54, 1.807) is 0 Å². The summed E-state index contributed by atoms with van der Waals surface area (Å²) in [5.41, 5.74) is 0.773. The predicted molar refractivity (Wildman–Crippen MR) is 74.4 cm³/mol. The molecule has 0 saturated carbocycles. The van der Waals surface area contributed by atoms with Gasteiger partial charge in [0.25, 0.3) is 5.91 Å². The van der Waals surface area contributed by atoms with Gasteiger partial charge < -0.3 is 14.8 Å². The fourth-order valence-electron chi connectivity index (χ4n) is 2.06. The van der Waals surface area contributed by atoms with Gasteiger partial charge in [-0.1, -0.05) is 0 Å². The third-order valence-corrected chi connectivity index (χ3v) is 2.97. The van der Waals surface area contributed by atoms with Gasteiger partial charge in [-0.25, -0.2) is 0 Å². The van der Waals surface area contributed by atoms with E-state index < -0.39 is 0 Å². The van der Waals surface area contributed by atoms with Crippen LogP contribution in [0.25, 0.3) is 0 Å². The van der Waals surface area contributed by atoms with Gasteiger partial charge in [-0.3, -0.25) is 4.79 Å². The van der Waals surface area contributed by atoms with Gasteiger partial charge in [-0.05, 0) is 57.4 Å². The van der Waals surface area contributed by atoms with Crippen LogP contribution in [0.15, 0.2) is 24.3 Å². The third kappa shape index (κ3) is 4.24. The average molecular weight is 263 g/mol. The molecule has 1 aliphatic rings. The van der Waals surface area contributed by atoms with Crippen molar-refractivity contribution in [2.24, 2.45) is 0 Å². The van der Waals surface area contributed by atoms with Crippen molar-refractivity contribution in [3.63, 3.8) is 0 Å². The molecule has 0 spiro atoms. The second-order valence-electron chi connectivity index (χ2n) is 5.04. The first-order chi connectivity index (χ1) is 9.15. The van der Waals surface area contributed by atoms with Crippen LogP contribution in [0.4, 0.5) is 5.69 Å². The number of amides is 1. The minimum Gasteiger partial charge on any atom is -0.491 e. The topological polar surface area (TPSA) is 47.6 Å². The zero-order valence-electron chi connectivity index (χ0n) is 11.5. The smallest absolute Gasteiger partial charge is 0.253 e. The number of hydrogen-bond donors (Lipinski definition) is 1. The van der Waals surface area contributed by atoms with E-state index in [1.807, 2.05) is 38.1 Å². The van der Waals surface area contributed by atoms with E-state index in [0.717, 1.165) is 30.7 Å². The lowest BCUT2D eigenvalue weighted by atomic mass is 10.1. The third-order valence-electron chi connectivity index (χ3n) is 2.97. The highest BCUT2D eigenvalue weighted by Crippen LogP contribution is 2.19. The van der Waals surface area contributed by atoms with Crippen LogP contribution >= 0.6 is 0 Å². The Bertz CT molecular complexity index is 408. The number of hydrogen-bond acceptors (Lipinski definition) is 3. The van der Waals surface area contributed by atoms with Crippen molar-refractivity contribution in [3.05, 3.63) is 24.3 Å². The van der Waals surface area contributed by atoms with E-state index in [9.17, 15) is 4.79 Å². The number of nitrogens with one attached hydrogen (secondary N) is 1. The largest absolute Gasteiger partial charge is 0.491 e. The summed E-state index contributed by atoms with van der Waals surface area (Å²) in [5, 5.41) is 2.87. The molecular weight excluding hydrogens is 242 g/mol. The maximum absolute atomic E-state index is 12.0. The molecule has 1 aliphatic heterocycles. The summed E-state index contributed by atoms with van der Waals surface area (Å²) in [4.78, 5) is 12.0. The predicted octanol–water partition coefficient (Wildman–Crippen LogP) is 2.98. The first-order valence-electron chi connectivity index (χ1n) is 6.84. The van der Waals surface area contributed by atoms with E-state index in [1.165, 1.54) is 0 Å². The Labute approximate surface area is 114 Å². The van der Waals surface area contributed by atoms with Crippen molar-refractivity contribution >= 4 is 11.6 Å². The van der Waals surface area contributed by atoms with Gasteiger partial charge >= 0.3 is 0 Å². The van der Waals surface area contributed by atoms with Crippen molar-refractivity contribution in [2.45, 2.75) is 45.3 Å². The quantitative estimate of drug-likeness (QED) is 0.908. The lowest BCUT2D eigenvalue weighted by Gasteiger charge is -2.21. The monoisotopic (exact) mass is 263 g/mol. The summed E-state index contributed by atoms with van der Waals surface area (Å²) in [7, 11) is 0. The number of carbonyl (C=O) groups excluding carboxylic acids is 1. The van der Waals surface area contributed by atoms with E-state index >= 15 is 0 Å². The average Bonchev–Trinajstić information content (AvgIpc) is 2.41. The molecule has 0 aliphatic carbocycles. The molecule has 1 unspecified atom stereocenters. The van der Waals surface area contributed by atoms with E-state index in [2.05, 4.69) is 5.32 Å². The van der Waals surface area contributed by atoms with Crippen LogP contribution in [0, 0.1) is 0 Å². The van der Waals surface area contributed by atoms with Gasteiger partial charge in [-0.2, -0.15) is 0 Å². The molecule has 4 heteroatoms. The highest BCUT2D eigenvalue weighted by molar-refractivity contribution is 5.94. The molecule has 1 fully saturated rings. The van der Waals surface area contributed by atoms with E-state index in [4.69, 9.17) is 9.47 Å². The Morgan fingerprint density at radius 3 is 2.63 bits per heavy atom. The molecule has 0 aromatic heterocycles. The highest BCUT2D eigenvalue weighted by Gasteiger charge is 2.21. The van der Waals surface area contributed by atoms with Crippen LogP contribution in [0.5, 0.6) is 5.75 Å². The summed E-state index contributed by atoms with van der Waals surface area (Å²) in [6, 6.07) is 7.41. The minimum absolute atomic E-state index is 0.0581. The first-order valence-corrected chi connectivity index (χ1v) is 6.84. The van der Waals surface area contributed by atoms with Crippen LogP contribution in [0.1, 0.15) is 33.1 Å². The first kappa shape index (κ1) is 13.9. The minimum atomic E-state index is -0.305. The van der Waals surface area contributed by atoms with Gasteiger partial charge in [0.2, 0.25) is 0 Å². The molecule has 1 saturated heterocycles. The van der Waals surface area contributed by atoms with Crippen LogP contribution < -0.4 is 10.1 Å². The standard InChI is InChI=1S/C15H21NO3/c1-11(2)19-13-8-6-12(7-9-13)16-15(17)14-5-3-4-10-18-14/h6-9,11,14H,3-5,10H2,1-2H3,(H,16,17). The SMILES string of the molecule is CC(C)Oc1ccc(NC(=O)C2CCCCO2)cc1. The fourth-order valence-corrected chi connectivity index (χ4v) is 2.06. The van der Waals surface area contributed by atoms with Gasteiger partial charge in [0.05, 0.1) is 6.10 Å². The molecule has 0 bridgehead atoms. The maximum atomic E-state index is 12.0. The van der Waals surface area contributed by atoms with Gasteiger partial charge in [0, 0.05) is 12.3 Å². The molecule has 104 valence electrons. The molecule has 1 atom stereocenters. The number of carbonyl (C=O) groups is 1. The molecule has 4 nitrogen and oxygen atoms in total. The summed E-state index contributed by atoms with van der Waals surface area (Å²) >= 11 is 0. The van der Waals surface area contributed by atoms with Gasteiger partial charge in [0.1, 0.15) is 11.9 Å². The highest BCUT2D eigenvalue weighted by atomic mass is 16.5. The molecule has 1 aromatic rings. The number of rotatable bonds is 4. The lowest BCUT2D eigenvalue weighted by Crippen LogP contribution is -2.33. The van der Waals surface area contributed by atoms with Crippen molar-refractivity contribution in [2.75, 3.05) is 11.9 Å². The summed E-state index contributed by atoms with van der Waals surface area (Å²) in [6.07, 6.45) is 2.75. The molecule has 1 aromatic carbocycles. The lowest BCUT2D eigenvalue weighted by molar-refractivity contribution is -0.129. The summed E-state index contributed by atoms with van der Waals surface area (Å²) in [6.45, 7) is 4.64. The van der Waals surface area contributed by atoms with E-state index in [-0.39, 0.29) is 18.1 Å². The van der Waals surface area contributed by atoms with Crippen LogP contribution in [-0.4, -0.2) is 24.7 Å². The molecule has 1 N–H and O–H groups in total. The molecule has 0 radical (unpaired) electrons. The Morgan fingerprint density at radius 1 is 1.32 bits per heavy atom. The fraction of sp³-hybridized carbons (Fsp3) is 0.533. The number of benzene rings is 1. The second-order valence-corrected chi connectivity index (χ2v) is 5.04. The van der Waals surface area contributed by atoms with Gasteiger partial charge in [-0.15, -0.1) is 0 Å². The van der Waals surface area contributed by atoms with Crippen LogP contribution in [-0.2, 0) is 9.53 Å². The molecule has 2 rings (SSSR count).